The lowest BCUT2D eigenvalue weighted by Crippen LogP contribution is -2.01. The maximum atomic E-state index is 13.4. The molecule has 0 radical (unpaired) electrons. The maximum Gasteiger partial charge on any atom is 0.231 e. The van der Waals surface area contributed by atoms with Crippen LogP contribution in [0.5, 0.6) is 17.2 Å². The predicted octanol–water partition coefficient (Wildman–Crippen LogP) is 2.87. The fraction of sp³-hybridized carbons (Fsp3) is 0.143. The molecule has 0 aromatic heterocycles. The zero-order valence-electron chi connectivity index (χ0n) is 10.0. The molecule has 2 N–H and O–H groups in total. The highest BCUT2D eigenvalue weighted by Gasteiger charge is 2.16. The molecule has 0 spiro atoms. The molecule has 0 saturated carbocycles. The van der Waals surface area contributed by atoms with E-state index in [9.17, 15) is 9.50 Å². The molecule has 1 aliphatic heterocycles. The molecular weight excluding hydrogens is 249 g/mol. The Balaban J connectivity index is 1.79. The number of anilines is 1. The van der Waals surface area contributed by atoms with E-state index in [-0.39, 0.29) is 18.4 Å². The normalized spacial score (nSPS) is 12.5. The first-order valence-electron chi connectivity index (χ1n) is 5.84. The molecular formula is C14H12FNO3. The largest absolute Gasteiger partial charge is 0.507 e. The van der Waals surface area contributed by atoms with Crippen LogP contribution in [0.2, 0.25) is 0 Å². The molecule has 5 heteroatoms. The van der Waals surface area contributed by atoms with Gasteiger partial charge in [-0.1, -0.05) is 12.1 Å². The Morgan fingerprint density at radius 1 is 1.16 bits per heavy atom. The third kappa shape index (κ3) is 2.27. The summed E-state index contributed by atoms with van der Waals surface area (Å²) in [5.41, 5.74) is 1.01. The lowest BCUT2D eigenvalue weighted by molar-refractivity contribution is 0.174. The highest BCUT2D eigenvalue weighted by molar-refractivity contribution is 5.53. The van der Waals surface area contributed by atoms with Crippen LogP contribution in [0.15, 0.2) is 36.4 Å². The lowest BCUT2D eigenvalue weighted by Gasteiger charge is -2.09. The number of nitrogens with one attached hydrogen (secondary N) is 1. The van der Waals surface area contributed by atoms with Gasteiger partial charge in [0.25, 0.3) is 0 Å². The molecule has 98 valence electrons. The summed E-state index contributed by atoms with van der Waals surface area (Å²) >= 11 is 0. The third-order valence-electron chi connectivity index (χ3n) is 2.92. The van der Waals surface area contributed by atoms with E-state index in [2.05, 4.69) is 5.32 Å². The Morgan fingerprint density at radius 3 is 2.68 bits per heavy atom. The molecule has 1 heterocycles. The van der Waals surface area contributed by atoms with Crippen molar-refractivity contribution < 1.29 is 19.0 Å². The van der Waals surface area contributed by atoms with Crippen LogP contribution in [0.3, 0.4) is 0 Å². The van der Waals surface area contributed by atoms with E-state index in [1.165, 1.54) is 12.1 Å². The summed E-state index contributed by atoms with van der Waals surface area (Å²) in [5.74, 6) is 0.867. The van der Waals surface area contributed by atoms with Crippen LogP contribution in [-0.2, 0) is 6.54 Å². The molecule has 2 aromatic carbocycles. The van der Waals surface area contributed by atoms with Crippen molar-refractivity contribution in [1.29, 1.82) is 0 Å². The van der Waals surface area contributed by atoms with Gasteiger partial charge in [-0.15, -0.1) is 0 Å². The summed E-state index contributed by atoms with van der Waals surface area (Å²) in [4.78, 5) is 0. The highest BCUT2D eigenvalue weighted by Crippen LogP contribution is 2.37. The molecule has 0 atom stereocenters. The molecule has 3 rings (SSSR count). The standard InChI is InChI=1S/C14H12FNO3/c15-10-3-1-2-4-11(10)16-7-9-5-13-14(6-12(9)17)19-8-18-13/h1-6,16-17H,7-8H2. The number of benzene rings is 2. The van der Waals surface area contributed by atoms with Crippen molar-refractivity contribution in [2.75, 3.05) is 12.1 Å². The van der Waals surface area contributed by atoms with Gasteiger partial charge in [0.05, 0.1) is 5.69 Å². The van der Waals surface area contributed by atoms with Gasteiger partial charge in [-0.2, -0.15) is 0 Å². The van der Waals surface area contributed by atoms with Crippen molar-refractivity contribution in [3.63, 3.8) is 0 Å². The maximum absolute atomic E-state index is 13.4. The molecule has 0 aliphatic carbocycles. The average Bonchev–Trinajstić information content (AvgIpc) is 2.84. The van der Waals surface area contributed by atoms with Gasteiger partial charge in [-0.3, -0.25) is 0 Å². The van der Waals surface area contributed by atoms with E-state index >= 15 is 0 Å². The van der Waals surface area contributed by atoms with E-state index in [0.717, 1.165) is 0 Å². The zero-order valence-corrected chi connectivity index (χ0v) is 10.0. The van der Waals surface area contributed by atoms with Gasteiger partial charge >= 0.3 is 0 Å². The summed E-state index contributed by atoms with van der Waals surface area (Å²) < 4.78 is 23.8. The van der Waals surface area contributed by atoms with Gasteiger partial charge in [0.15, 0.2) is 11.5 Å². The van der Waals surface area contributed by atoms with Crippen molar-refractivity contribution in [1.82, 2.24) is 0 Å². The first kappa shape index (κ1) is 11.6. The second-order valence-electron chi connectivity index (χ2n) is 4.17. The molecule has 0 amide bonds. The summed E-state index contributed by atoms with van der Waals surface area (Å²) in [6, 6.07) is 9.57. The molecule has 0 bridgehead atoms. The molecule has 0 saturated heterocycles. The first-order valence-corrected chi connectivity index (χ1v) is 5.84. The summed E-state index contributed by atoms with van der Waals surface area (Å²) in [6.07, 6.45) is 0. The number of hydrogen-bond acceptors (Lipinski definition) is 4. The smallest absolute Gasteiger partial charge is 0.231 e. The monoisotopic (exact) mass is 261 g/mol. The second-order valence-corrected chi connectivity index (χ2v) is 4.17. The molecule has 19 heavy (non-hydrogen) atoms. The van der Waals surface area contributed by atoms with E-state index in [1.807, 2.05) is 0 Å². The Labute approximate surface area is 109 Å². The topological polar surface area (TPSA) is 50.7 Å². The second kappa shape index (κ2) is 4.68. The zero-order chi connectivity index (χ0) is 13.2. The molecule has 4 nitrogen and oxygen atoms in total. The van der Waals surface area contributed by atoms with Crippen LogP contribution in [0.4, 0.5) is 10.1 Å². The molecule has 2 aromatic rings. The Kier molecular flexibility index (Phi) is 2.87. The minimum Gasteiger partial charge on any atom is -0.507 e. The van der Waals surface area contributed by atoms with Gasteiger partial charge < -0.3 is 19.9 Å². The number of ether oxygens (including phenoxy) is 2. The Hall–Kier alpha value is -2.43. The van der Waals surface area contributed by atoms with E-state index in [4.69, 9.17) is 9.47 Å². The average molecular weight is 261 g/mol. The lowest BCUT2D eigenvalue weighted by atomic mass is 10.1. The van der Waals surface area contributed by atoms with Gasteiger partial charge in [-0.05, 0) is 18.2 Å². The number of aromatic hydroxyl groups is 1. The summed E-state index contributed by atoms with van der Waals surface area (Å²) in [6.45, 7) is 0.447. The first-order chi connectivity index (χ1) is 9.24. The van der Waals surface area contributed by atoms with Crippen LogP contribution >= 0.6 is 0 Å². The van der Waals surface area contributed by atoms with Crippen molar-refractivity contribution >= 4 is 5.69 Å². The van der Waals surface area contributed by atoms with Gasteiger partial charge in [0, 0.05) is 18.2 Å². The SMILES string of the molecule is Oc1cc2c(cc1CNc1ccccc1F)OCO2. The fourth-order valence-electron chi connectivity index (χ4n) is 1.91. The minimum atomic E-state index is -0.331. The minimum absolute atomic E-state index is 0.0908. The predicted molar refractivity (Wildman–Crippen MR) is 68.0 cm³/mol. The van der Waals surface area contributed by atoms with Crippen LogP contribution < -0.4 is 14.8 Å². The molecule has 0 fully saturated rings. The number of fused-ring (bicyclic) bond motifs is 1. The van der Waals surface area contributed by atoms with Crippen LogP contribution in [0.25, 0.3) is 0 Å². The number of rotatable bonds is 3. The van der Waals surface area contributed by atoms with E-state index in [1.54, 1.807) is 24.3 Å². The number of hydrogen-bond donors (Lipinski definition) is 2. The van der Waals surface area contributed by atoms with Crippen molar-refractivity contribution in [3.8, 4) is 17.2 Å². The quantitative estimate of drug-likeness (QED) is 0.892. The Morgan fingerprint density at radius 2 is 1.89 bits per heavy atom. The number of para-hydroxylation sites is 1. The van der Waals surface area contributed by atoms with E-state index < -0.39 is 0 Å². The van der Waals surface area contributed by atoms with Gasteiger partial charge in [0.2, 0.25) is 6.79 Å². The molecule has 0 unspecified atom stereocenters. The van der Waals surface area contributed by atoms with Crippen molar-refractivity contribution in [2.45, 2.75) is 6.54 Å². The van der Waals surface area contributed by atoms with E-state index in [0.29, 0.717) is 29.3 Å². The van der Waals surface area contributed by atoms with Crippen molar-refractivity contribution in [2.24, 2.45) is 0 Å². The van der Waals surface area contributed by atoms with Crippen molar-refractivity contribution in [3.05, 3.63) is 47.8 Å². The number of halogens is 1. The Bertz CT molecular complexity index is 616. The van der Waals surface area contributed by atoms with Crippen LogP contribution in [-0.4, -0.2) is 11.9 Å². The van der Waals surface area contributed by atoms with Gasteiger partial charge in [-0.25, -0.2) is 4.39 Å². The third-order valence-corrected chi connectivity index (χ3v) is 2.92. The number of phenols is 1. The van der Waals surface area contributed by atoms with Crippen LogP contribution in [0.1, 0.15) is 5.56 Å². The fourth-order valence-corrected chi connectivity index (χ4v) is 1.91. The number of phenolic OH excluding ortho intramolecular Hbond substituents is 1. The molecule has 1 aliphatic rings. The summed E-state index contributed by atoms with van der Waals surface area (Å²) in [7, 11) is 0. The summed E-state index contributed by atoms with van der Waals surface area (Å²) in [5, 5.41) is 12.8. The highest BCUT2D eigenvalue weighted by atomic mass is 19.1. The van der Waals surface area contributed by atoms with Gasteiger partial charge in [0.1, 0.15) is 11.6 Å². The van der Waals surface area contributed by atoms with Crippen LogP contribution in [0, 0.1) is 5.82 Å².